The van der Waals surface area contributed by atoms with Gasteiger partial charge in [0.05, 0.1) is 12.0 Å². The maximum atomic E-state index is 12.5. The summed E-state index contributed by atoms with van der Waals surface area (Å²) in [5.41, 5.74) is 1.01. The molecule has 2 aromatic rings. The number of benzene rings is 2. The fraction of sp³-hybridized carbons (Fsp3) is 0.393. The van der Waals surface area contributed by atoms with E-state index in [-0.39, 0.29) is 94.9 Å². The molecule has 0 radical (unpaired) electrons. The van der Waals surface area contributed by atoms with Crippen LogP contribution in [0.4, 0.5) is 0 Å². The Balaban J connectivity index is 0.00000174. The number of aliphatic carboxylic acids is 1. The van der Waals surface area contributed by atoms with Crippen LogP contribution in [0.2, 0.25) is 0 Å². The van der Waals surface area contributed by atoms with Crippen molar-refractivity contribution in [3.8, 4) is 11.5 Å². The van der Waals surface area contributed by atoms with Gasteiger partial charge in [0.25, 0.3) is 5.97 Å². The van der Waals surface area contributed by atoms with Gasteiger partial charge < -0.3 is 50.6 Å². The second kappa shape index (κ2) is 19.7. The Hall–Kier alpha value is -2.49. The molecule has 13 nitrogen and oxygen atoms in total. The molecular formula is C28H31O13RbS. The van der Waals surface area contributed by atoms with Gasteiger partial charge in [-0.05, 0) is 23.8 Å². The minimum absolute atomic E-state index is 0. The van der Waals surface area contributed by atoms with Crippen molar-refractivity contribution in [2.45, 2.75) is 65.3 Å². The standard InChI is InChI=1S/C26H28O11S.C2H4O2.Rb/c1-15(27)31-14-23-25(34-17(3)29)22(33-16(2)28)12-24(36-23)35-20-10-9-19(11-21(20)37-38)26(30)32-13-18-7-5-4-6-8-18;1-2(3)4;/h4-11,22-25,38H,12-14H2,1-3H3;1H3,(H,3,4);/q;;+1/p-1. The molecule has 0 bridgehead atoms. The van der Waals surface area contributed by atoms with Gasteiger partial charge in [0, 0.05) is 27.7 Å². The summed E-state index contributed by atoms with van der Waals surface area (Å²) in [4.78, 5) is 56.3. The summed E-state index contributed by atoms with van der Waals surface area (Å²) < 4.78 is 37.8. The van der Waals surface area contributed by atoms with Gasteiger partial charge in [-0.15, -0.1) is 0 Å². The van der Waals surface area contributed by atoms with Crippen molar-refractivity contribution in [1.82, 2.24) is 0 Å². The number of ether oxygens (including phenoxy) is 6. The number of esters is 4. The Morgan fingerprint density at radius 2 is 1.51 bits per heavy atom. The molecule has 3 rings (SSSR count). The van der Waals surface area contributed by atoms with E-state index in [0.717, 1.165) is 12.5 Å². The predicted molar refractivity (Wildman–Crippen MR) is 145 cm³/mol. The van der Waals surface area contributed by atoms with Crippen LogP contribution in [0.1, 0.15) is 50.0 Å². The third-order valence-corrected chi connectivity index (χ3v) is 5.47. The number of hydrogen-bond acceptors (Lipinski definition) is 13. The number of rotatable bonds is 10. The molecule has 0 aliphatic carbocycles. The van der Waals surface area contributed by atoms with Gasteiger partial charge in [-0.3, -0.25) is 19.2 Å². The van der Waals surface area contributed by atoms with E-state index >= 15 is 0 Å². The van der Waals surface area contributed by atoms with Crippen LogP contribution in [0.15, 0.2) is 48.5 Å². The number of carbonyl (C=O) groups is 5. The quantitative estimate of drug-likeness (QED) is 0.199. The van der Waals surface area contributed by atoms with Gasteiger partial charge in [-0.25, -0.2) is 4.79 Å². The molecule has 0 aromatic heterocycles. The molecule has 1 aliphatic rings. The van der Waals surface area contributed by atoms with Crippen molar-refractivity contribution >= 4 is 42.8 Å². The van der Waals surface area contributed by atoms with Crippen LogP contribution in [0, 0.1) is 0 Å². The summed E-state index contributed by atoms with van der Waals surface area (Å²) in [5, 5.41) is 7.42. The van der Waals surface area contributed by atoms with Crippen molar-refractivity contribution in [3.05, 3.63) is 59.7 Å². The zero-order valence-electron chi connectivity index (χ0n) is 24.3. The zero-order chi connectivity index (χ0) is 31.2. The van der Waals surface area contributed by atoms with E-state index in [1.165, 1.54) is 39.0 Å². The molecule has 15 heteroatoms. The molecule has 0 spiro atoms. The van der Waals surface area contributed by atoms with E-state index in [2.05, 4.69) is 0 Å². The minimum Gasteiger partial charge on any atom is -0.638 e. The Labute approximate surface area is 302 Å². The van der Waals surface area contributed by atoms with Crippen molar-refractivity contribution < 1.29 is 120 Å². The molecule has 1 N–H and O–H groups in total. The summed E-state index contributed by atoms with van der Waals surface area (Å²) >= 11 is 4.74. The Bertz CT molecular complexity index is 1240. The van der Waals surface area contributed by atoms with E-state index in [1.54, 1.807) is 0 Å². The van der Waals surface area contributed by atoms with Crippen LogP contribution in [0.3, 0.4) is 0 Å². The smallest absolute Gasteiger partial charge is 0.638 e. The number of carboxylic acids is 1. The van der Waals surface area contributed by atoms with E-state index in [1.807, 2.05) is 30.3 Å². The molecule has 1 saturated heterocycles. The summed E-state index contributed by atoms with van der Waals surface area (Å²) in [6.07, 6.45) is -4.10. The molecule has 4 atom stereocenters. The molecule has 0 saturated carbocycles. The molecule has 228 valence electrons. The second-order valence-corrected chi connectivity index (χ2v) is 8.97. The maximum Gasteiger partial charge on any atom is 1.00 e. The molecule has 1 aliphatic heterocycles. The fourth-order valence-electron chi connectivity index (χ4n) is 3.72. The van der Waals surface area contributed by atoms with Crippen molar-refractivity contribution in [3.63, 3.8) is 0 Å². The first kappa shape index (κ1) is 38.5. The molecule has 0 amide bonds. The first-order valence-electron chi connectivity index (χ1n) is 12.5. The number of carbonyl (C=O) groups excluding carboxylic acids is 4. The zero-order valence-corrected chi connectivity index (χ0v) is 30.0. The first-order chi connectivity index (χ1) is 19.9. The Kier molecular flexibility index (Phi) is 17.7. The summed E-state index contributed by atoms with van der Waals surface area (Å²) in [7, 11) is 0. The molecule has 1 fully saturated rings. The SMILES string of the molecule is CC(=O)O.CC(=O)OCC1OC(Oc2ccc(C(=O)OCc3ccccc3)cc2O[S-])CC(OC(C)=O)C1OC(C)=O.[Rb+]. The van der Waals surface area contributed by atoms with Crippen LogP contribution in [-0.2, 0) is 62.4 Å². The average molecular weight is 693 g/mol. The molecule has 1 heterocycles. The third-order valence-electron chi connectivity index (χ3n) is 5.29. The monoisotopic (exact) mass is 692 g/mol. The molecule has 2 aromatic carbocycles. The van der Waals surface area contributed by atoms with Crippen molar-refractivity contribution in [1.29, 1.82) is 0 Å². The summed E-state index contributed by atoms with van der Waals surface area (Å²) in [6.45, 7) is 4.48. The van der Waals surface area contributed by atoms with Crippen LogP contribution < -0.4 is 67.1 Å². The third kappa shape index (κ3) is 14.2. The number of hydrogen-bond donors (Lipinski definition) is 1. The topological polar surface area (TPSA) is 170 Å². The summed E-state index contributed by atoms with van der Waals surface area (Å²) in [5.74, 6) is -3.10. The average Bonchev–Trinajstić information content (AvgIpc) is 2.92. The largest absolute Gasteiger partial charge is 1.00 e. The molecule has 4 unspecified atom stereocenters. The van der Waals surface area contributed by atoms with Crippen molar-refractivity contribution in [2.24, 2.45) is 0 Å². The molecular weight excluding hydrogens is 662 g/mol. The first-order valence-corrected chi connectivity index (χ1v) is 12.9. The van der Waals surface area contributed by atoms with Gasteiger partial charge in [-0.1, -0.05) is 30.3 Å². The normalized spacial score (nSPS) is 18.7. The predicted octanol–water partition coefficient (Wildman–Crippen LogP) is -0.100. The van der Waals surface area contributed by atoms with Gasteiger partial charge in [-0.2, -0.15) is 0 Å². The fourth-order valence-corrected chi connectivity index (χ4v) is 3.85. The second-order valence-electron chi connectivity index (χ2n) is 8.81. The number of carboxylic acid groups (broad SMARTS) is 1. The van der Waals surface area contributed by atoms with Crippen LogP contribution >= 0.6 is 0 Å². The van der Waals surface area contributed by atoms with Gasteiger partial charge >= 0.3 is 82.1 Å². The van der Waals surface area contributed by atoms with Gasteiger partial charge in [0.2, 0.25) is 6.29 Å². The van der Waals surface area contributed by atoms with Gasteiger partial charge in [0.15, 0.2) is 11.9 Å². The summed E-state index contributed by atoms with van der Waals surface area (Å²) in [6, 6.07) is 13.5. The Morgan fingerprint density at radius 3 is 2.07 bits per heavy atom. The van der Waals surface area contributed by atoms with Crippen LogP contribution in [0.5, 0.6) is 11.5 Å². The molecule has 43 heavy (non-hydrogen) atoms. The Morgan fingerprint density at radius 1 is 0.884 bits per heavy atom. The van der Waals surface area contributed by atoms with Crippen LogP contribution in [0.25, 0.3) is 0 Å². The van der Waals surface area contributed by atoms with Crippen molar-refractivity contribution in [2.75, 3.05) is 6.61 Å². The van der Waals surface area contributed by atoms with E-state index in [0.29, 0.717) is 0 Å². The minimum atomic E-state index is -1.05. The van der Waals surface area contributed by atoms with E-state index in [4.69, 9.17) is 55.4 Å². The van der Waals surface area contributed by atoms with Gasteiger partial charge in [0.1, 0.15) is 31.2 Å². The van der Waals surface area contributed by atoms with E-state index in [9.17, 15) is 19.2 Å². The van der Waals surface area contributed by atoms with Crippen LogP contribution in [-0.4, -0.2) is 66.2 Å². The maximum absolute atomic E-state index is 12.5. The van der Waals surface area contributed by atoms with E-state index < -0.39 is 54.4 Å².